The van der Waals surface area contributed by atoms with Gasteiger partial charge in [0.2, 0.25) is 5.82 Å². The number of nitrogens with one attached hydrogen (secondary N) is 1. The summed E-state index contributed by atoms with van der Waals surface area (Å²) in [5, 5.41) is 8.10. The van der Waals surface area contributed by atoms with Gasteiger partial charge < -0.3 is 5.32 Å². The molecule has 0 saturated heterocycles. The highest BCUT2D eigenvalue weighted by Crippen LogP contribution is 2.25. The molecule has 0 spiro atoms. The number of aryl methyl sites for hydroxylation is 4. The highest BCUT2D eigenvalue weighted by molar-refractivity contribution is 6.30. The Balaban J connectivity index is 1.77. The van der Waals surface area contributed by atoms with Crippen molar-refractivity contribution in [3.8, 4) is 17.1 Å². The van der Waals surface area contributed by atoms with E-state index in [9.17, 15) is 4.79 Å². The fraction of sp³-hybridized carbons (Fsp3) is 0.160. The van der Waals surface area contributed by atoms with Crippen LogP contribution in [0.1, 0.15) is 32.9 Å². The first-order valence-corrected chi connectivity index (χ1v) is 10.4. The third kappa shape index (κ3) is 4.37. The van der Waals surface area contributed by atoms with Crippen LogP contribution >= 0.6 is 11.6 Å². The molecule has 0 saturated carbocycles. The molecule has 1 N–H and O–H groups in total. The fourth-order valence-electron chi connectivity index (χ4n) is 3.41. The van der Waals surface area contributed by atoms with Gasteiger partial charge in [-0.1, -0.05) is 35.4 Å². The summed E-state index contributed by atoms with van der Waals surface area (Å²) < 4.78 is 1.72. The van der Waals surface area contributed by atoms with Gasteiger partial charge in [0.05, 0.1) is 5.69 Å². The van der Waals surface area contributed by atoms with Gasteiger partial charge in [-0.05, 0) is 86.8 Å². The molecule has 0 unspecified atom stereocenters. The van der Waals surface area contributed by atoms with Crippen molar-refractivity contribution in [3.05, 3.63) is 93.8 Å². The van der Waals surface area contributed by atoms with Crippen molar-refractivity contribution in [2.45, 2.75) is 27.7 Å². The van der Waals surface area contributed by atoms with Crippen LogP contribution in [-0.4, -0.2) is 20.7 Å². The van der Waals surface area contributed by atoms with E-state index in [4.69, 9.17) is 11.6 Å². The molecule has 0 fully saturated rings. The molecule has 0 aliphatic carbocycles. The van der Waals surface area contributed by atoms with Gasteiger partial charge in [-0.25, -0.2) is 9.67 Å². The largest absolute Gasteiger partial charge is 0.319 e. The molecule has 3 aromatic carbocycles. The molecule has 6 heteroatoms. The Kier molecular flexibility index (Phi) is 5.61. The lowest BCUT2D eigenvalue weighted by molar-refractivity contribution is 0.101. The van der Waals surface area contributed by atoms with E-state index in [1.165, 1.54) is 5.56 Å². The molecule has 0 atom stereocenters. The van der Waals surface area contributed by atoms with E-state index in [1.807, 2.05) is 70.2 Å². The monoisotopic (exact) mass is 430 g/mol. The SMILES string of the molecule is Cc1ccc(-n2nc(C(=O)Nc3ccc(C)c(C)c3)nc2-c2ccc(Cl)cc2)c(C)c1. The first-order valence-electron chi connectivity index (χ1n) is 10.0. The molecule has 1 heterocycles. The topological polar surface area (TPSA) is 59.8 Å². The number of nitrogens with zero attached hydrogens (tertiary/aromatic N) is 3. The molecule has 4 aromatic rings. The molecular formula is C25H23ClN4O. The van der Waals surface area contributed by atoms with Crippen molar-refractivity contribution >= 4 is 23.2 Å². The third-order valence-corrected chi connectivity index (χ3v) is 5.51. The van der Waals surface area contributed by atoms with Gasteiger partial charge in [-0.3, -0.25) is 4.79 Å². The van der Waals surface area contributed by atoms with Crippen LogP contribution in [0.2, 0.25) is 5.02 Å². The first kappa shape index (κ1) is 20.8. The predicted octanol–water partition coefficient (Wildman–Crippen LogP) is 6.07. The minimum Gasteiger partial charge on any atom is -0.319 e. The summed E-state index contributed by atoms with van der Waals surface area (Å²) >= 11 is 6.06. The summed E-state index contributed by atoms with van der Waals surface area (Å²) in [4.78, 5) is 17.5. The molecule has 0 radical (unpaired) electrons. The Bertz CT molecular complexity index is 1280. The highest BCUT2D eigenvalue weighted by Gasteiger charge is 2.20. The third-order valence-electron chi connectivity index (χ3n) is 5.26. The smallest absolute Gasteiger partial charge is 0.295 e. The number of benzene rings is 3. The maximum absolute atomic E-state index is 13.0. The minimum absolute atomic E-state index is 0.100. The second-order valence-electron chi connectivity index (χ2n) is 7.72. The van der Waals surface area contributed by atoms with E-state index < -0.39 is 0 Å². The first-order chi connectivity index (χ1) is 14.8. The average molecular weight is 431 g/mol. The van der Waals surface area contributed by atoms with Gasteiger partial charge in [-0.15, -0.1) is 5.10 Å². The molecule has 5 nitrogen and oxygen atoms in total. The lowest BCUT2D eigenvalue weighted by atomic mass is 10.1. The lowest BCUT2D eigenvalue weighted by Gasteiger charge is -2.10. The normalized spacial score (nSPS) is 10.9. The van der Waals surface area contributed by atoms with Crippen molar-refractivity contribution < 1.29 is 4.79 Å². The Hall–Kier alpha value is -3.44. The van der Waals surface area contributed by atoms with Gasteiger partial charge >= 0.3 is 0 Å². The Morgan fingerprint density at radius 2 is 1.61 bits per heavy atom. The van der Waals surface area contributed by atoms with Crippen molar-refractivity contribution in [2.75, 3.05) is 5.32 Å². The molecule has 0 aliphatic heterocycles. The van der Waals surface area contributed by atoms with Crippen LogP contribution in [-0.2, 0) is 0 Å². The lowest BCUT2D eigenvalue weighted by Crippen LogP contribution is -2.14. The zero-order chi connectivity index (χ0) is 22.1. The van der Waals surface area contributed by atoms with Crippen molar-refractivity contribution in [2.24, 2.45) is 0 Å². The van der Waals surface area contributed by atoms with Crippen LogP contribution in [0.3, 0.4) is 0 Å². The Morgan fingerprint density at radius 1 is 0.871 bits per heavy atom. The van der Waals surface area contributed by atoms with Crippen LogP contribution in [0.15, 0.2) is 60.7 Å². The number of amides is 1. The molecule has 31 heavy (non-hydrogen) atoms. The van der Waals surface area contributed by atoms with E-state index in [1.54, 1.807) is 16.8 Å². The minimum atomic E-state index is -0.359. The number of aromatic nitrogens is 3. The molecule has 0 bridgehead atoms. The second-order valence-corrected chi connectivity index (χ2v) is 8.16. The number of halogens is 1. The van der Waals surface area contributed by atoms with Gasteiger partial charge in [0.25, 0.3) is 5.91 Å². The van der Waals surface area contributed by atoms with Gasteiger partial charge in [0.15, 0.2) is 5.82 Å². The van der Waals surface area contributed by atoms with Crippen molar-refractivity contribution in [3.63, 3.8) is 0 Å². The number of hydrogen-bond acceptors (Lipinski definition) is 3. The Labute approximate surface area is 186 Å². The average Bonchev–Trinajstić information content (AvgIpc) is 3.16. The van der Waals surface area contributed by atoms with E-state index in [-0.39, 0.29) is 11.7 Å². The summed E-state index contributed by atoms with van der Waals surface area (Å²) in [5.74, 6) is 0.319. The van der Waals surface area contributed by atoms with Crippen LogP contribution in [0.5, 0.6) is 0 Å². The summed E-state index contributed by atoms with van der Waals surface area (Å²) in [6, 6.07) is 19.2. The molecular weight excluding hydrogens is 408 g/mol. The molecule has 156 valence electrons. The van der Waals surface area contributed by atoms with Crippen molar-refractivity contribution in [1.82, 2.24) is 14.8 Å². The van der Waals surface area contributed by atoms with E-state index in [0.29, 0.717) is 16.5 Å². The summed E-state index contributed by atoms with van der Waals surface area (Å²) in [6.45, 7) is 8.11. The fourth-order valence-corrected chi connectivity index (χ4v) is 3.54. The maximum atomic E-state index is 13.0. The maximum Gasteiger partial charge on any atom is 0.295 e. The van der Waals surface area contributed by atoms with Crippen molar-refractivity contribution in [1.29, 1.82) is 0 Å². The van der Waals surface area contributed by atoms with E-state index in [0.717, 1.165) is 27.9 Å². The molecule has 1 amide bonds. The van der Waals surface area contributed by atoms with Gasteiger partial charge in [0.1, 0.15) is 0 Å². The summed E-state index contributed by atoms with van der Waals surface area (Å²) in [6.07, 6.45) is 0. The summed E-state index contributed by atoms with van der Waals surface area (Å²) in [7, 11) is 0. The number of hydrogen-bond donors (Lipinski definition) is 1. The second kappa shape index (κ2) is 8.36. The standard InChI is InChI=1S/C25H23ClN4O/c1-15-5-12-22(18(4)13-15)30-24(19-7-9-20(26)10-8-19)28-23(29-30)25(31)27-21-11-6-16(2)17(3)14-21/h5-14H,1-4H3,(H,27,31). The zero-order valence-electron chi connectivity index (χ0n) is 17.9. The van der Waals surface area contributed by atoms with Crippen LogP contribution < -0.4 is 5.32 Å². The van der Waals surface area contributed by atoms with E-state index >= 15 is 0 Å². The molecule has 1 aromatic heterocycles. The molecule has 4 rings (SSSR count). The predicted molar refractivity (Wildman–Crippen MR) is 125 cm³/mol. The molecule has 0 aliphatic rings. The van der Waals surface area contributed by atoms with Crippen LogP contribution in [0.4, 0.5) is 5.69 Å². The van der Waals surface area contributed by atoms with E-state index in [2.05, 4.69) is 21.5 Å². The van der Waals surface area contributed by atoms with Crippen LogP contribution in [0.25, 0.3) is 17.1 Å². The van der Waals surface area contributed by atoms with Gasteiger partial charge in [-0.2, -0.15) is 0 Å². The Morgan fingerprint density at radius 3 is 2.29 bits per heavy atom. The number of rotatable bonds is 4. The number of carbonyl (C=O) groups excluding carboxylic acids is 1. The zero-order valence-corrected chi connectivity index (χ0v) is 18.7. The highest BCUT2D eigenvalue weighted by atomic mass is 35.5. The number of carbonyl (C=O) groups is 1. The van der Waals surface area contributed by atoms with Gasteiger partial charge in [0, 0.05) is 16.3 Å². The number of anilines is 1. The quantitative estimate of drug-likeness (QED) is 0.427. The van der Waals surface area contributed by atoms with Crippen LogP contribution in [0, 0.1) is 27.7 Å². The summed E-state index contributed by atoms with van der Waals surface area (Å²) in [5.41, 5.74) is 6.87.